The monoisotopic (exact) mass is 274 g/mol. The first-order chi connectivity index (χ1) is 8.79. The van der Waals surface area contributed by atoms with Crippen molar-refractivity contribution < 1.29 is 22.7 Å². The smallest absolute Gasteiger partial charge is 0.448 e. The van der Waals surface area contributed by atoms with E-state index in [9.17, 15) is 18.0 Å². The Hall–Kier alpha value is -1.52. The molecule has 106 valence electrons. The summed E-state index contributed by atoms with van der Waals surface area (Å²) >= 11 is 0. The van der Waals surface area contributed by atoms with Crippen molar-refractivity contribution in [1.82, 2.24) is 0 Å². The molecule has 0 bridgehead atoms. The van der Waals surface area contributed by atoms with Gasteiger partial charge in [0.05, 0.1) is 0 Å². The van der Waals surface area contributed by atoms with Crippen LogP contribution in [0.2, 0.25) is 0 Å². The fraction of sp³-hybridized carbons (Fsp3) is 0.500. The molecule has 5 heteroatoms. The van der Waals surface area contributed by atoms with E-state index < -0.39 is 17.7 Å². The van der Waals surface area contributed by atoms with Gasteiger partial charge in [0.25, 0.3) is 0 Å². The second-order valence-corrected chi connectivity index (χ2v) is 4.59. The average molecular weight is 274 g/mol. The summed E-state index contributed by atoms with van der Waals surface area (Å²) < 4.78 is 41.8. The number of benzene rings is 1. The number of carbonyl (C=O) groups excluding carboxylic acids is 1. The summed E-state index contributed by atoms with van der Waals surface area (Å²) in [5.41, 5.74) is -0.676. The van der Waals surface area contributed by atoms with Crippen molar-refractivity contribution >= 4 is 5.97 Å². The highest BCUT2D eigenvalue weighted by atomic mass is 19.4. The molecule has 0 saturated heterocycles. The van der Waals surface area contributed by atoms with E-state index in [0.29, 0.717) is 18.4 Å². The molecule has 1 aromatic rings. The lowest BCUT2D eigenvalue weighted by atomic mass is 9.90. The number of carbonyl (C=O) groups is 1. The van der Waals surface area contributed by atoms with Crippen molar-refractivity contribution in [3.8, 4) is 0 Å². The maximum absolute atomic E-state index is 12.3. The van der Waals surface area contributed by atoms with Crippen LogP contribution in [-0.2, 0) is 15.1 Å². The minimum Gasteiger partial charge on any atom is -0.448 e. The summed E-state index contributed by atoms with van der Waals surface area (Å²) in [6, 6.07) is 8.51. The summed E-state index contributed by atoms with van der Waals surface area (Å²) in [5, 5.41) is 0. The second kappa shape index (κ2) is 6.08. The third-order valence-corrected chi connectivity index (χ3v) is 2.94. The largest absolute Gasteiger partial charge is 0.490 e. The minimum atomic E-state index is -4.97. The van der Waals surface area contributed by atoms with E-state index >= 15 is 0 Å². The van der Waals surface area contributed by atoms with E-state index in [1.807, 2.05) is 6.92 Å². The summed E-state index contributed by atoms with van der Waals surface area (Å²) in [7, 11) is 0. The van der Waals surface area contributed by atoms with Crippen LogP contribution in [0.15, 0.2) is 30.3 Å². The van der Waals surface area contributed by atoms with Gasteiger partial charge in [0, 0.05) is 0 Å². The summed E-state index contributed by atoms with van der Waals surface area (Å²) in [6.45, 7) is 3.44. The Morgan fingerprint density at radius 1 is 1.21 bits per heavy atom. The maximum Gasteiger partial charge on any atom is 0.490 e. The van der Waals surface area contributed by atoms with E-state index in [-0.39, 0.29) is 0 Å². The lowest BCUT2D eigenvalue weighted by molar-refractivity contribution is -0.214. The Balaban J connectivity index is 2.97. The first-order valence-electron chi connectivity index (χ1n) is 6.15. The molecule has 0 N–H and O–H groups in total. The van der Waals surface area contributed by atoms with E-state index in [2.05, 4.69) is 0 Å². The first kappa shape index (κ1) is 15.5. The Labute approximate surface area is 110 Å². The van der Waals surface area contributed by atoms with Gasteiger partial charge < -0.3 is 4.74 Å². The van der Waals surface area contributed by atoms with Crippen LogP contribution < -0.4 is 0 Å². The van der Waals surface area contributed by atoms with Crippen LogP contribution >= 0.6 is 0 Å². The molecule has 0 radical (unpaired) electrons. The maximum atomic E-state index is 12.3. The Kier molecular flexibility index (Phi) is 4.97. The van der Waals surface area contributed by atoms with E-state index in [4.69, 9.17) is 4.74 Å². The first-order valence-corrected chi connectivity index (χ1v) is 6.15. The summed E-state index contributed by atoms with van der Waals surface area (Å²) in [4.78, 5) is 11.1. The van der Waals surface area contributed by atoms with Crippen molar-refractivity contribution in [2.75, 3.05) is 0 Å². The zero-order valence-corrected chi connectivity index (χ0v) is 11.0. The fourth-order valence-electron chi connectivity index (χ4n) is 1.82. The van der Waals surface area contributed by atoms with Crippen molar-refractivity contribution in [3.63, 3.8) is 0 Å². The number of rotatable bonds is 5. The summed E-state index contributed by atoms with van der Waals surface area (Å²) in [5.74, 6) is -2.14. The molecule has 0 aliphatic heterocycles. The van der Waals surface area contributed by atoms with Crippen LogP contribution in [-0.4, -0.2) is 12.1 Å². The van der Waals surface area contributed by atoms with Gasteiger partial charge in [-0.3, -0.25) is 0 Å². The minimum absolute atomic E-state index is 0.356. The molecule has 0 saturated carbocycles. The van der Waals surface area contributed by atoms with Gasteiger partial charge in [0.2, 0.25) is 0 Å². The van der Waals surface area contributed by atoms with Gasteiger partial charge in [-0.1, -0.05) is 43.7 Å². The van der Waals surface area contributed by atoms with Gasteiger partial charge in [-0.05, 0) is 25.3 Å². The highest BCUT2D eigenvalue weighted by Gasteiger charge is 2.45. The van der Waals surface area contributed by atoms with Gasteiger partial charge in [-0.2, -0.15) is 13.2 Å². The average Bonchev–Trinajstić information content (AvgIpc) is 2.36. The van der Waals surface area contributed by atoms with Crippen LogP contribution in [0.3, 0.4) is 0 Å². The molecule has 0 amide bonds. The number of ether oxygens (including phenoxy) is 1. The SMILES string of the molecule is CCCCC(C)(OC(=O)C(F)(F)F)c1ccccc1. The number of alkyl halides is 3. The van der Waals surface area contributed by atoms with Crippen molar-refractivity contribution in [1.29, 1.82) is 0 Å². The molecule has 1 atom stereocenters. The van der Waals surface area contributed by atoms with Crippen molar-refractivity contribution in [2.24, 2.45) is 0 Å². The third kappa shape index (κ3) is 4.26. The predicted molar refractivity (Wildman–Crippen MR) is 65.5 cm³/mol. The van der Waals surface area contributed by atoms with Gasteiger partial charge in [-0.25, -0.2) is 4.79 Å². The van der Waals surface area contributed by atoms with E-state index in [1.54, 1.807) is 30.3 Å². The van der Waals surface area contributed by atoms with Crippen LogP contribution in [0.25, 0.3) is 0 Å². The predicted octanol–water partition coefficient (Wildman–Crippen LogP) is 4.20. The quantitative estimate of drug-likeness (QED) is 0.752. The molecule has 0 heterocycles. The van der Waals surface area contributed by atoms with Gasteiger partial charge in [0.1, 0.15) is 5.60 Å². The molecular formula is C14H17F3O2. The summed E-state index contributed by atoms with van der Waals surface area (Å²) in [6.07, 6.45) is -3.12. The molecule has 1 unspecified atom stereocenters. The molecule has 0 aromatic heterocycles. The Morgan fingerprint density at radius 2 is 1.79 bits per heavy atom. The molecule has 0 fully saturated rings. The van der Waals surface area contributed by atoms with Crippen LogP contribution in [0, 0.1) is 0 Å². The number of hydrogen-bond acceptors (Lipinski definition) is 2. The molecule has 19 heavy (non-hydrogen) atoms. The van der Waals surface area contributed by atoms with Crippen LogP contribution in [0.5, 0.6) is 0 Å². The molecule has 1 rings (SSSR count). The van der Waals surface area contributed by atoms with Crippen molar-refractivity contribution in [2.45, 2.75) is 44.9 Å². The number of halogens is 3. The lowest BCUT2D eigenvalue weighted by Crippen LogP contribution is -2.36. The molecule has 0 spiro atoms. The number of unbranched alkanes of at least 4 members (excludes halogenated alkanes) is 1. The molecule has 0 aliphatic rings. The van der Waals surface area contributed by atoms with Gasteiger partial charge in [0.15, 0.2) is 0 Å². The van der Waals surface area contributed by atoms with Gasteiger partial charge >= 0.3 is 12.1 Å². The van der Waals surface area contributed by atoms with Gasteiger partial charge in [-0.15, -0.1) is 0 Å². The topological polar surface area (TPSA) is 26.3 Å². The number of esters is 1. The standard InChI is InChI=1S/C14H17F3O2/c1-3-4-10-13(2,11-8-6-5-7-9-11)19-12(18)14(15,16)17/h5-9H,3-4,10H2,1-2H3. The van der Waals surface area contributed by atoms with Crippen LogP contribution in [0.4, 0.5) is 13.2 Å². The molecular weight excluding hydrogens is 257 g/mol. The normalized spacial score (nSPS) is 14.8. The van der Waals surface area contributed by atoms with Crippen molar-refractivity contribution in [3.05, 3.63) is 35.9 Å². The molecule has 0 aliphatic carbocycles. The third-order valence-electron chi connectivity index (χ3n) is 2.94. The fourth-order valence-corrected chi connectivity index (χ4v) is 1.82. The molecule has 1 aromatic carbocycles. The lowest BCUT2D eigenvalue weighted by Gasteiger charge is -2.30. The number of hydrogen-bond donors (Lipinski definition) is 0. The Morgan fingerprint density at radius 3 is 2.26 bits per heavy atom. The molecule has 2 nitrogen and oxygen atoms in total. The highest BCUT2D eigenvalue weighted by molar-refractivity contribution is 5.76. The highest BCUT2D eigenvalue weighted by Crippen LogP contribution is 2.33. The zero-order valence-electron chi connectivity index (χ0n) is 11.0. The Bertz CT molecular complexity index is 414. The van der Waals surface area contributed by atoms with E-state index in [1.165, 1.54) is 6.92 Å². The van der Waals surface area contributed by atoms with Crippen LogP contribution in [0.1, 0.15) is 38.7 Å². The zero-order chi connectivity index (χ0) is 14.5. The second-order valence-electron chi connectivity index (χ2n) is 4.59. The van der Waals surface area contributed by atoms with E-state index in [0.717, 1.165) is 6.42 Å².